The maximum absolute atomic E-state index is 12.5. The molecule has 110 valence electrons. The lowest BCUT2D eigenvalue weighted by atomic mass is 9.68. The van der Waals surface area contributed by atoms with Gasteiger partial charge in [0.05, 0.1) is 0 Å². The van der Waals surface area contributed by atoms with Crippen molar-refractivity contribution in [1.82, 2.24) is 0 Å². The zero-order valence-corrected chi connectivity index (χ0v) is 12.7. The van der Waals surface area contributed by atoms with Gasteiger partial charge in [-0.05, 0) is 36.7 Å². The largest absolute Gasteiger partial charge is 0.385 e. The number of ether oxygens (including phenoxy) is 1. The molecular formula is C18H26O2. The summed E-state index contributed by atoms with van der Waals surface area (Å²) in [6.07, 6.45) is 5.07. The third kappa shape index (κ3) is 3.49. The van der Waals surface area contributed by atoms with Crippen molar-refractivity contribution in [2.75, 3.05) is 13.7 Å². The molecule has 0 saturated heterocycles. The van der Waals surface area contributed by atoms with Gasteiger partial charge in [-0.15, -0.1) is 0 Å². The summed E-state index contributed by atoms with van der Waals surface area (Å²) in [7, 11) is 1.74. The van der Waals surface area contributed by atoms with Crippen molar-refractivity contribution in [1.29, 1.82) is 0 Å². The van der Waals surface area contributed by atoms with Gasteiger partial charge in [0.2, 0.25) is 0 Å². The topological polar surface area (TPSA) is 26.3 Å². The average Bonchev–Trinajstić information content (AvgIpc) is 2.50. The molecule has 1 fully saturated rings. The first-order valence-electron chi connectivity index (χ1n) is 7.84. The molecule has 0 bridgehead atoms. The van der Waals surface area contributed by atoms with E-state index in [9.17, 15) is 4.79 Å². The lowest BCUT2D eigenvalue weighted by molar-refractivity contribution is -0.128. The molecule has 1 aromatic rings. The van der Waals surface area contributed by atoms with E-state index in [-0.39, 0.29) is 5.92 Å². The van der Waals surface area contributed by atoms with Gasteiger partial charge in [-0.2, -0.15) is 0 Å². The fourth-order valence-corrected chi connectivity index (χ4v) is 3.66. The molecular weight excluding hydrogens is 248 g/mol. The van der Waals surface area contributed by atoms with E-state index >= 15 is 0 Å². The van der Waals surface area contributed by atoms with Crippen molar-refractivity contribution >= 4 is 5.78 Å². The normalized spacial score (nSPS) is 24.6. The molecule has 0 heterocycles. The first-order chi connectivity index (χ1) is 9.77. The lowest BCUT2D eigenvalue weighted by Gasteiger charge is -2.36. The van der Waals surface area contributed by atoms with Crippen molar-refractivity contribution in [3.05, 3.63) is 35.9 Å². The van der Waals surface area contributed by atoms with Crippen molar-refractivity contribution < 1.29 is 9.53 Å². The van der Waals surface area contributed by atoms with Crippen molar-refractivity contribution in [2.24, 2.45) is 11.8 Å². The Balaban J connectivity index is 2.26. The highest BCUT2D eigenvalue weighted by atomic mass is 16.5. The van der Waals surface area contributed by atoms with E-state index in [1.165, 1.54) is 12.0 Å². The van der Waals surface area contributed by atoms with E-state index in [0.29, 0.717) is 17.6 Å². The molecule has 0 aliphatic heterocycles. The molecule has 1 aromatic carbocycles. The first kappa shape index (κ1) is 15.2. The van der Waals surface area contributed by atoms with Crippen molar-refractivity contribution in [2.45, 2.75) is 44.9 Å². The lowest BCUT2D eigenvalue weighted by Crippen LogP contribution is -2.33. The van der Waals surface area contributed by atoms with Crippen LogP contribution in [0, 0.1) is 11.8 Å². The molecule has 0 spiro atoms. The maximum Gasteiger partial charge on any atom is 0.136 e. The molecule has 1 aliphatic carbocycles. The molecule has 3 atom stereocenters. The molecule has 1 saturated carbocycles. The van der Waals surface area contributed by atoms with E-state index in [1.54, 1.807) is 7.11 Å². The van der Waals surface area contributed by atoms with Crippen LogP contribution >= 0.6 is 0 Å². The van der Waals surface area contributed by atoms with E-state index in [4.69, 9.17) is 4.74 Å². The van der Waals surface area contributed by atoms with Gasteiger partial charge in [0, 0.05) is 26.1 Å². The van der Waals surface area contributed by atoms with Crippen molar-refractivity contribution in [3.63, 3.8) is 0 Å². The van der Waals surface area contributed by atoms with E-state index in [2.05, 4.69) is 31.2 Å². The predicted molar refractivity (Wildman–Crippen MR) is 81.8 cm³/mol. The molecule has 2 rings (SSSR count). The predicted octanol–water partition coefficient (Wildman–Crippen LogP) is 4.20. The van der Waals surface area contributed by atoms with Gasteiger partial charge in [0.1, 0.15) is 5.78 Å². The summed E-state index contributed by atoms with van der Waals surface area (Å²) < 4.78 is 5.28. The second kappa shape index (κ2) is 7.58. The Labute approximate surface area is 122 Å². The molecule has 0 unspecified atom stereocenters. The van der Waals surface area contributed by atoms with Gasteiger partial charge in [0.15, 0.2) is 0 Å². The fourth-order valence-electron chi connectivity index (χ4n) is 3.66. The summed E-state index contributed by atoms with van der Waals surface area (Å²) in [6.45, 7) is 2.94. The van der Waals surface area contributed by atoms with Crippen LogP contribution < -0.4 is 0 Å². The highest BCUT2D eigenvalue weighted by Crippen LogP contribution is 2.41. The molecule has 20 heavy (non-hydrogen) atoms. The minimum Gasteiger partial charge on any atom is -0.385 e. The van der Waals surface area contributed by atoms with Crippen LogP contribution in [-0.2, 0) is 9.53 Å². The summed E-state index contributed by atoms with van der Waals surface area (Å²) >= 11 is 0. The van der Waals surface area contributed by atoms with Gasteiger partial charge >= 0.3 is 0 Å². The van der Waals surface area contributed by atoms with Crippen molar-refractivity contribution in [3.8, 4) is 0 Å². The number of ketones is 1. The smallest absolute Gasteiger partial charge is 0.136 e. The summed E-state index contributed by atoms with van der Waals surface area (Å²) in [5.41, 5.74) is 1.29. The van der Waals surface area contributed by atoms with Crippen LogP contribution in [0.5, 0.6) is 0 Å². The zero-order chi connectivity index (χ0) is 14.4. The molecule has 0 amide bonds. The number of hydrogen-bond acceptors (Lipinski definition) is 2. The molecule has 2 nitrogen and oxygen atoms in total. The molecule has 2 heteroatoms. The van der Waals surface area contributed by atoms with Gasteiger partial charge in [-0.1, -0.05) is 43.7 Å². The number of hydrogen-bond donors (Lipinski definition) is 0. The fraction of sp³-hybridized carbons (Fsp3) is 0.611. The number of methoxy groups -OCH3 is 1. The number of benzene rings is 1. The summed E-state index contributed by atoms with van der Waals surface area (Å²) in [5.74, 6) is 1.51. The van der Waals surface area contributed by atoms with Gasteiger partial charge in [-0.3, -0.25) is 4.79 Å². The molecule has 1 aliphatic rings. The highest BCUT2D eigenvalue weighted by molar-refractivity contribution is 5.83. The third-order valence-electron chi connectivity index (χ3n) is 4.70. The van der Waals surface area contributed by atoms with Crippen LogP contribution in [0.4, 0.5) is 0 Å². The Hall–Kier alpha value is -1.15. The van der Waals surface area contributed by atoms with Gasteiger partial charge < -0.3 is 4.74 Å². The third-order valence-corrected chi connectivity index (χ3v) is 4.70. The Bertz CT molecular complexity index is 413. The van der Waals surface area contributed by atoms with Crippen LogP contribution in [0.1, 0.15) is 50.5 Å². The Kier molecular flexibility index (Phi) is 5.78. The SMILES string of the molecule is CC[C@H]1CCCC(=O)[C@@H]1[C@@H](CCOC)c1ccccc1. The van der Waals surface area contributed by atoms with E-state index in [0.717, 1.165) is 32.3 Å². The summed E-state index contributed by atoms with van der Waals surface area (Å²) in [4.78, 5) is 12.5. The highest BCUT2D eigenvalue weighted by Gasteiger charge is 2.37. The molecule has 0 radical (unpaired) electrons. The zero-order valence-electron chi connectivity index (χ0n) is 12.7. The van der Waals surface area contributed by atoms with E-state index in [1.807, 2.05) is 6.07 Å². The Morgan fingerprint density at radius 3 is 2.70 bits per heavy atom. The summed E-state index contributed by atoms with van der Waals surface area (Å²) in [5, 5.41) is 0. The number of rotatable bonds is 6. The van der Waals surface area contributed by atoms with Gasteiger partial charge in [-0.25, -0.2) is 0 Å². The number of carbonyl (C=O) groups is 1. The Morgan fingerprint density at radius 1 is 1.30 bits per heavy atom. The minimum atomic E-state index is 0.186. The van der Waals surface area contributed by atoms with Crippen LogP contribution in [0.15, 0.2) is 30.3 Å². The standard InChI is InChI=1S/C18H26O2/c1-3-14-10-7-11-17(19)18(14)16(12-13-20-2)15-8-5-4-6-9-15/h4-6,8-9,14,16,18H,3,7,10-13H2,1-2H3/t14-,16-,18-/m0/s1. The first-order valence-corrected chi connectivity index (χ1v) is 7.84. The quantitative estimate of drug-likeness (QED) is 0.777. The molecule has 0 N–H and O–H groups in total. The van der Waals surface area contributed by atoms with Crippen LogP contribution in [0.25, 0.3) is 0 Å². The van der Waals surface area contributed by atoms with Crippen LogP contribution in [0.3, 0.4) is 0 Å². The number of carbonyl (C=O) groups excluding carboxylic acids is 1. The molecule has 0 aromatic heterocycles. The number of Topliss-reactive ketones (excluding diaryl/α,β-unsaturated/α-hetero) is 1. The van der Waals surface area contributed by atoms with Crippen LogP contribution in [0.2, 0.25) is 0 Å². The minimum absolute atomic E-state index is 0.186. The monoisotopic (exact) mass is 274 g/mol. The Morgan fingerprint density at radius 2 is 2.05 bits per heavy atom. The van der Waals surface area contributed by atoms with E-state index < -0.39 is 0 Å². The average molecular weight is 274 g/mol. The maximum atomic E-state index is 12.5. The summed E-state index contributed by atoms with van der Waals surface area (Å²) in [6, 6.07) is 10.5. The second-order valence-corrected chi connectivity index (χ2v) is 5.85. The van der Waals surface area contributed by atoms with Gasteiger partial charge in [0.25, 0.3) is 0 Å². The second-order valence-electron chi connectivity index (χ2n) is 5.85. The van der Waals surface area contributed by atoms with Crippen LogP contribution in [-0.4, -0.2) is 19.5 Å².